The summed E-state index contributed by atoms with van der Waals surface area (Å²) < 4.78 is 5.66. The lowest BCUT2D eigenvalue weighted by atomic mass is 10.0. The molecule has 7 heteroatoms. The van der Waals surface area contributed by atoms with E-state index in [9.17, 15) is 20.2 Å². The molecule has 0 atom stereocenters. The van der Waals surface area contributed by atoms with E-state index in [1.165, 1.54) is 18.2 Å². The van der Waals surface area contributed by atoms with Gasteiger partial charge in [0.1, 0.15) is 5.75 Å². The zero-order chi connectivity index (χ0) is 22.2. The second-order valence-electron chi connectivity index (χ2n) is 6.72. The molecule has 0 aromatic heterocycles. The van der Waals surface area contributed by atoms with E-state index in [2.05, 4.69) is 11.4 Å². The first-order chi connectivity index (χ1) is 15.0. The Kier molecular flexibility index (Phi) is 6.76. The number of hydrogen-bond acceptors (Lipinski definition) is 5. The third-order valence-electron chi connectivity index (χ3n) is 4.40. The fourth-order valence-corrected chi connectivity index (χ4v) is 2.83. The molecule has 0 aliphatic carbocycles. The number of aryl methyl sites for hydroxylation is 1. The van der Waals surface area contributed by atoms with Crippen molar-refractivity contribution in [1.29, 1.82) is 5.26 Å². The summed E-state index contributed by atoms with van der Waals surface area (Å²) in [6, 6.07) is 22.3. The van der Waals surface area contributed by atoms with Gasteiger partial charge in [0.2, 0.25) is 0 Å². The van der Waals surface area contributed by atoms with Gasteiger partial charge in [-0.1, -0.05) is 48.0 Å². The van der Waals surface area contributed by atoms with Crippen molar-refractivity contribution in [2.24, 2.45) is 0 Å². The zero-order valence-electron chi connectivity index (χ0n) is 16.7. The maximum absolute atomic E-state index is 12.2. The van der Waals surface area contributed by atoms with Gasteiger partial charge >= 0.3 is 0 Å². The molecule has 3 aromatic rings. The van der Waals surface area contributed by atoms with Crippen LogP contribution in [0.4, 0.5) is 11.4 Å². The van der Waals surface area contributed by atoms with Gasteiger partial charge in [-0.15, -0.1) is 0 Å². The predicted octanol–water partition coefficient (Wildman–Crippen LogP) is 4.98. The molecule has 0 radical (unpaired) electrons. The van der Waals surface area contributed by atoms with Crippen LogP contribution in [0.15, 0.2) is 72.8 Å². The number of rotatable bonds is 7. The summed E-state index contributed by atoms with van der Waals surface area (Å²) in [5.41, 5.74) is 2.90. The summed E-state index contributed by atoms with van der Waals surface area (Å²) in [6.07, 6.45) is 1.58. The molecule has 3 rings (SSSR count). The lowest BCUT2D eigenvalue weighted by molar-refractivity contribution is -0.384. The van der Waals surface area contributed by atoms with E-state index in [0.717, 1.165) is 5.56 Å². The second-order valence-corrected chi connectivity index (χ2v) is 6.72. The molecular formula is C24H19N3O4. The van der Waals surface area contributed by atoms with E-state index in [1.807, 2.05) is 31.2 Å². The van der Waals surface area contributed by atoms with E-state index in [1.54, 1.807) is 36.4 Å². The molecule has 0 saturated carbocycles. The lowest BCUT2D eigenvalue weighted by Gasteiger charge is -2.10. The maximum Gasteiger partial charge on any atom is 0.270 e. The maximum atomic E-state index is 12.2. The summed E-state index contributed by atoms with van der Waals surface area (Å²) in [5.74, 6) is 0.0987. The number of para-hydroxylation sites is 1. The average molecular weight is 413 g/mol. The Bertz CT molecular complexity index is 1180. The van der Waals surface area contributed by atoms with Crippen molar-refractivity contribution < 1.29 is 14.5 Å². The van der Waals surface area contributed by atoms with Crippen LogP contribution in [0.5, 0.6) is 5.75 Å². The first-order valence-electron chi connectivity index (χ1n) is 9.41. The molecule has 0 aliphatic rings. The minimum absolute atomic E-state index is 0.101. The van der Waals surface area contributed by atoms with E-state index in [4.69, 9.17) is 4.74 Å². The normalized spacial score (nSPS) is 10.8. The summed E-state index contributed by atoms with van der Waals surface area (Å²) in [4.78, 5) is 22.7. The molecule has 0 saturated heterocycles. The van der Waals surface area contributed by atoms with Gasteiger partial charge in [0.15, 0.2) is 6.61 Å². The van der Waals surface area contributed by atoms with E-state index in [0.29, 0.717) is 22.6 Å². The van der Waals surface area contributed by atoms with E-state index in [-0.39, 0.29) is 23.8 Å². The number of nitro groups is 1. The second kappa shape index (κ2) is 9.85. The van der Waals surface area contributed by atoms with Crippen molar-refractivity contribution in [3.63, 3.8) is 0 Å². The van der Waals surface area contributed by atoms with Crippen LogP contribution >= 0.6 is 0 Å². The van der Waals surface area contributed by atoms with Gasteiger partial charge in [-0.25, -0.2) is 0 Å². The van der Waals surface area contributed by atoms with Crippen LogP contribution in [0.1, 0.15) is 16.7 Å². The highest BCUT2D eigenvalue weighted by Crippen LogP contribution is 2.26. The molecular weight excluding hydrogens is 394 g/mol. The largest absolute Gasteiger partial charge is 0.483 e. The molecule has 31 heavy (non-hydrogen) atoms. The summed E-state index contributed by atoms with van der Waals surface area (Å²) in [7, 11) is 0. The molecule has 0 bridgehead atoms. The lowest BCUT2D eigenvalue weighted by Crippen LogP contribution is -2.20. The Morgan fingerprint density at radius 1 is 1.13 bits per heavy atom. The smallest absolute Gasteiger partial charge is 0.270 e. The Morgan fingerprint density at radius 3 is 2.58 bits per heavy atom. The SMILES string of the molecule is Cc1ccc(NC(=O)COc2ccccc2/C=C(/C#N)c2cccc([N+](=O)[O-])c2)cc1. The molecule has 0 aliphatic heterocycles. The van der Waals surface area contributed by atoms with Crippen LogP contribution in [0, 0.1) is 28.4 Å². The predicted molar refractivity (Wildman–Crippen MR) is 118 cm³/mol. The number of nitriles is 1. The molecule has 0 unspecified atom stereocenters. The Labute approximate surface area is 179 Å². The number of ether oxygens (including phenoxy) is 1. The van der Waals surface area contributed by atoms with Crippen molar-refractivity contribution >= 4 is 28.9 Å². The Balaban J connectivity index is 1.77. The quantitative estimate of drug-likeness (QED) is 0.254. The molecule has 0 spiro atoms. The van der Waals surface area contributed by atoms with Crippen molar-refractivity contribution in [2.45, 2.75) is 6.92 Å². The number of non-ortho nitro benzene ring substituents is 1. The van der Waals surface area contributed by atoms with Crippen molar-refractivity contribution in [3.8, 4) is 11.8 Å². The van der Waals surface area contributed by atoms with Crippen LogP contribution in [0.25, 0.3) is 11.6 Å². The number of allylic oxidation sites excluding steroid dienone is 1. The summed E-state index contributed by atoms with van der Waals surface area (Å²) in [6.45, 7) is 1.75. The third-order valence-corrected chi connectivity index (χ3v) is 4.40. The average Bonchev–Trinajstić information content (AvgIpc) is 2.78. The summed E-state index contributed by atoms with van der Waals surface area (Å²) >= 11 is 0. The Morgan fingerprint density at radius 2 is 1.87 bits per heavy atom. The number of benzene rings is 3. The third kappa shape index (κ3) is 5.78. The number of nitrogens with zero attached hydrogens (tertiary/aromatic N) is 2. The molecule has 0 heterocycles. The highest BCUT2D eigenvalue weighted by atomic mass is 16.6. The summed E-state index contributed by atoms with van der Waals surface area (Å²) in [5, 5.41) is 23.3. The first-order valence-corrected chi connectivity index (χ1v) is 9.41. The molecule has 154 valence electrons. The monoisotopic (exact) mass is 413 g/mol. The number of anilines is 1. The van der Waals surface area contributed by atoms with Gasteiger partial charge in [-0.3, -0.25) is 14.9 Å². The number of nitrogens with one attached hydrogen (secondary N) is 1. The molecule has 7 nitrogen and oxygen atoms in total. The number of carbonyl (C=O) groups is 1. The zero-order valence-corrected chi connectivity index (χ0v) is 16.7. The minimum atomic E-state index is -0.512. The first kappa shape index (κ1) is 21.3. The molecule has 0 fully saturated rings. The highest BCUT2D eigenvalue weighted by molar-refractivity contribution is 5.93. The van der Waals surface area contributed by atoms with E-state index >= 15 is 0 Å². The van der Waals surface area contributed by atoms with E-state index < -0.39 is 4.92 Å². The number of amides is 1. The van der Waals surface area contributed by atoms with Crippen molar-refractivity contribution in [1.82, 2.24) is 0 Å². The minimum Gasteiger partial charge on any atom is -0.483 e. The topological polar surface area (TPSA) is 105 Å². The van der Waals surface area contributed by atoms with Crippen LogP contribution in [0.3, 0.4) is 0 Å². The molecule has 1 N–H and O–H groups in total. The fourth-order valence-electron chi connectivity index (χ4n) is 2.83. The van der Waals surface area contributed by atoms with Crippen LogP contribution in [-0.4, -0.2) is 17.4 Å². The van der Waals surface area contributed by atoms with Gasteiger partial charge in [-0.2, -0.15) is 5.26 Å². The van der Waals surface area contributed by atoms with Gasteiger partial charge < -0.3 is 10.1 Å². The fraction of sp³-hybridized carbons (Fsp3) is 0.0833. The van der Waals surface area contributed by atoms with Gasteiger partial charge in [-0.05, 0) is 36.8 Å². The molecule has 3 aromatic carbocycles. The van der Waals surface area contributed by atoms with Crippen LogP contribution < -0.4 is 10.1 Å². The van der Waals surface area contributed by atoms with Crippen LogP contribution in [0.2, 0.25) is 0 Å². The van der Waals surface area contributed by atoms with Crippen molar-refractivity contribution in [3.05, 3.63) is 99.6 Å². The van der Waals surface area contributed by atoms with Gasteiger partial charge in [0.05, 0.1) is 16.6 Å². The van der Waals surface area contributed by atoms with Gasteiger partial charge in [0, 0.05) is 23.4 Å². The number of hydrogen-bond donors (Lipinski definition) is 1. The van der Waals surface area contributed by atoms with Crippen molar-refractivity contribution in [2.75, 3.05) is 11.9 Å². The standard InChI is InChI=1S/C24H19N3O4/c1-17-9-11-21(12-10-17)26-24(28)16-31-23-8-3-2-5-19(23)13-20(15-25)18-6-4-7-22(14-18)27(29)30/h2-14H,16H2,1H3,(H,26,28)/b20-13-. The van der Waals surface area contributed by atoms with Crippen LogP contribution in [-0.2, 0) is 4.79 Å². The molecule has 1 amide bonds. The Hall–Kier alpha value is -4.44. The highest BCUT2D eigenvalue weighted by Gasteiger charge is 2.11. The number of carbonyl (C=O) groups excluding carboxylic acids is 1. The number of nitro benzene ring substituents is 1. The van der Waals surface area contributed by atoms with Gasteiger partial charge in [0.25, 0.3) is 11.6 Å².